The van der Waals surface area contributed by atoms with E-state index in [9.17, 15) is 0 Å². The Morgan fingerprint density at radius 2 is 1.57 bits per heavy atom. The fraction of sp³-hybridized carbons (Fsp3) is 0.364. The summed E-state index contributed by atoms with van der Waals surface area (Å²) < 4.78 is 0. The van der Waals surface area contributed by atoms with E-state index in [-0.39, 0.29) is 0 Å². The summed E-state index contributed by atoms with van der Waals surface area (Å²) in [6, 6.07) is 22.0. The Kier molecular flexibility index (Phi) is 4.05. The highest BCUT2D eigenvalue weighted by atomic mass is 15.2. The molecule has 0 bridgehead atoms. The fourth-order valence-electron chi connectivity index (χ4n) is 4.52. The zero-order valence-electron chi connectivity index (χ0n) is 13.7. The Bertz CT molecular complexity index is 661. The van der Waals surface area contributed by atoms with Crippen molar-refractivity contribution in [2.75, 3.05) is 13.1 Å². The summed E-state index contributed by atoms with van der Waals surface area (Å²) in [5.41, 5.74) is 3.37. The summed E-state index contributed by atoms with van der Waals surface area (Å²) >= 11 is 0. The van der Waals surface area contributed by atoms with Crippen LogP contribution in [-0.2, 0) is 13.0 Å². The van der Waals surface area contributed by atoms with E-state index in [0.29, 0.717) is 5.41 Å². The van der Waals surface area contributed by atoms with Crippen molar-refractivity contribution in [2.45, 2.75) is 25.8 Å². The van der Waals surface area contributed by atoms with Crippen LogP contribution in [0.15, 0.2) is 72.8 Å². The van der Waals surface area contributed by atoms with Crippen molar-refractivity contribution in [2.24, 2.45) is 11.3 Å². The first-order valence-electron chi connectivity index (χ1n) is 8.79. The maximum Gasteiger partial charge on any atom is 0.0234 e. The molecule has 1 nitrogen and oxygen atoms in total. The average molecular weight is 303 g/mol. The Morgan fingerprint density at radius 1 is 0.870 bits per heavy atom. The van der Waals surface area contributed by atoms with Crippen LogP contribution in [0.3, 0.4) is 0 Å². The number of benzene rings is 2. The van der Waals surface area contributed by atoms with Gasteiger partial charge in [-0.1, -0.05) is 72.8 Å². The Hall–Kier alpha value is -1.86. The Morgan fingerprint density at radius 3 is 2.30 bits per heavy atom. The standard InChI is InChI=1S/C22H25N/c1-3-9-19(10-4-1)15-22-14-8-7-13-21(22)17-23(18-22)16-20-11-5-2-6-12-20/h1-12,21H,13-18H2. The lowest BCUT2D eigenvalue weighted by Gasteiger charge is -2.36. The van der Waals surface area contributed by atoms with E-state index in [1.54, 1.807) is 0 Å². The first-order valence-corrected chi connectivity index (χ1v) is 8.79. The fourth-order valence-corrected chi connectivity index (χ4v) is 4.52. The lowest BCUT2D eigenvalue weighted by molar-refractivity contribution is 0.204. The highest BCUT2D eigenvalue weighted by molar-refractivity contribution is 5.21. The quantitative estimate of drug-likeness (QED) is 0.740. The molecule has 118 valence electrons. The van der Waals surface area contributed by atoms with Crippen LogP contribution >= 0.6 is 0 Å². The molecule has 2 atom stereocenters. The Balaban J connectivity index is 1.53. The Labute approximate surface area is 139 Å². The molecule has 0 spiro atoms. The second kappa shape index (κ2) is 6.33. The first-order chi connectivity index (χ1) is 11.3. The van der Waals surface area contributed by atoms with Gasteiger partial charge in [0.1, 0.15) is 0 Å². The molecule has 2 aromatic rings. The van der Waals surface area contributed by atoms with Crippen LogP contribution in [0.5, 0.6) is 0 Å². The van der Waals surface area contributed by atoms with E-state index < -0.39 is 0 Å². The minimum atomic E-state index is 0.435. The highest BCUT2D eigenvalue weighted by Crippen LogP contribution is 2.46. The molecule has 1 fully saturated rings. The van der Waals surface area contributed by atoms with Gasteiger partial charge in [-0.3, -0.25) is 4.90 Å². The van der Waals surface area contributed by atoms with E-state index >= 15 is 0 Å². The zero-order valence-corrected chi connectivity index (χ0v) is 13.7. The highest BCUT2D eigenvalue weighted by Gasteiger charge is 2.45. The van der Waals surface area contributed by atoms with Crippen LogP contribution in [0.4, 0.5) is 0 Å². The number of rotatable bonds is 4. The predicted molar refractivity (Wildman–Crippen MR) is 96.2 cm³/mol. The van der Waals surface area contributed by atoms with Crippen molar-refractivity contribution in [3.8, 4) is 0 Å². The van der Waals surface area contributed by atoms with Gasteiger partial charge in [-0.25, -0.2) is 0 Å². The summed E-state index contributed by atoms with van der Waals surface area (Å²) in [6.45, 7) is 3.56. The van der Waals surface area contributed by atoms with Gasteiger partial charge in [0.2, 0.25) is 0 Å². The molecule has 1 heteroatoms. The second-order valence-electron chi connectivity index (χ2n) is 7.29. The average Bonchev–Trinajstić information content (AvgIpc) is 2.94. The summed E-state index contributed by atoms with van der Waals surface area (Å²) in [4.78, 5) is 2.68. The maximum atomic E-state index is 2.68. The summed E-state index contributed by atoms with van der Waals surface area (Å²) in [7, 11) is 0. The molecular formula is C22H25N. The maximum absolute atomic E-state index is 2.68. The normalized spacial score (nSPS) is 27.0. The lowest BCUT2D eigenvalue weighted by atomic mass is 9.67. The lowest BCUT2D eigenvalue weighted by Crippen LogP contribution is -2.34. The van der Waals surface area contributed by atoms with E-state index in [2.05, 4.69) is 77.7 Å². The van der Waals surface area contributed by atoms with E-state index in [1.807, 2.05) is 0 Å². The van der Waals surface area contributed by atoms with Gasteiger partial charge in [-0.15, -0.1) is 0 Å². The molecule has 0 N–H and O–H groups in total. The van der Waals surface area contributed by atoms with Crippen molar-refractivity contribution >= 4 is 0 Å². The zero-order chi connectivity index (χ0) is 15.5. The SMILES string of the molecule is C1=CCC2(Cc3ccccc3)CN(Cc3ccccc3)CC2C1. The number of nitrogens with zero attached hydrogens (tertiary/aromatic N) is 1. The summed E-state index contributed by atoms with van der Waals surface area (Å²) in [5, 5.41) is 0. The molecule has 4 rings (SSSR count). The second-order valence-corrected chi connectivity index (χ2v) is 7.29. The number of hydrogen-bond donors (Lipinski definition) is 0. The van der Waals surface area contributed by atoms with Crippen LogP contribution < -0.4 is 0 Å². The minimum absolute atomic E-state index is 0.435. The topological polar surface area (TPSA) is 3.24 Å². The van der Waals surface area contributed by atoms with E-state index in [1.165, 1.54) is 43.5 Å². The molecule has 1 aliphatic carbocycles. The molecule has 0 saturated carbocycles. The molecule has 2 unspecified atom stereocenters. The first kappa shape index (κ1) is 14.7. The van der Waals surface area contributed by atoms with Crippen LogP contribution in [0.1, 0.15) is 24.0 Å². The molecule has 23 heavy (non-hydrogen) atoms. The third-order valence-corrected chi connectivity index (χ3v) is 5.64. The molecule has 1 aliphatic heterocycles. The van der Waals surface area contributed by atoms with Crippen molar-refractivity contribution in [3.05, 3.63) is 83.9 Å². The summed E-state index contributed by atoms with van der Waals surface area (Å²) in [5.74, 6) is 0.802. The van der Waals surface area contributed by atoms with Crippen molar-refractivity contribution < 1.29 is 0 Å². The number of fused-ring (bicyclic) bond motifs is 1. The largest absolute Gasteiger partial charge is 0.298 e. The van der Waals surface area contributed by atoms with Crippen molar-refractivity contribution in [1.82, 2.24) is 4.90 Å². The monoisotopic (exact) mass is 303 g/mol. The molecule has 0 aromatic heterocycles. The van der Waals surface area contributed by atoms with Crippen molar-refractivity contribution in [3.63, 3.8) is 0 Å². The third-order valence-electron chi connectivity index (χ3n) is 5.64. The molecule has 1 saturated heterocycles. The van der Waals surface area contributed by atoms with Crippen LogP contribution in [-0.4, -0.2) is 18.0 Å². The third kappa shape index (κ3) is 3.11. The number of hydrogen-bond acceptors (Lipinski definition) is 1. The smallest absolute Gasteiger partial charge is 0.0234 e. The van der Waals surface area contributed by atoms with E-state index in [4.69, 9.17) is 0 Å². The molecule has 2 aliphatic rings. The molecular weight excluding hydrogens is 278 g/mol. The molecule has 0 radical (unpaired) electrons. The van der Waals surface area contributed by atoms with Crippen LogP contribution in [0.2, 0.25) is 0 Å². The number of likely N-dealkylation sites (tertiary alicyclic amines) is 1. The summed E-state index contributed by atoms with van der Waals surface area (Å²) in [6.07, 6.45) is 8.52. The van der Waals surface area contributed by atoms with Gasteiger partial charge < -0.3 is 0 Å². The van der Waals surface area contributed by atoms with Gasteiger partial charge in [0.15, 0.2) is 0 Å². The van der Waals surface area contributed by atoms with E-state index in [0.717, 1.165) is 12.5 Å². The molecule has 2 aromatic carbocycles. The van der Waals surface area contributed by atoms with Gasteiger partial charge in [0.05, 0.1) is 0 Å². The van der Waals surface area contributed by atoms with Crippen molar-refractivity contribution in [1.29, 1.82) is 0 Å². The van der Waals surface area contributed by atoms with Gasteiger partial charge >= 0.3 is 0 Å². The van der Waals surface area contributed by atoms with Gasteiger partial charge in [-0.2, -0.15) is 0 Å². The minimum Gasteiger partial charge on any atom is -0.298 e. The molecule has 0 amide bonds. The van der Waals surface area contributed by atoms with Gasteiger partial charge in [-0.05, 0) is 41.7 Å². The van der Waals surface area contributed by atoms with Crippen LogP contribution in [0.25, 0.3) is 0 Å². The van der Waals surface area contributed by atoms with Gasteiger partial charge in [0.25, 0.3) is 0 Å². The van der Waals surface area contributed by atoms with Gasteiger partial charge in [0, 0.05) is 19.6 Å². The molecule has 1 heterocycles. The number of allylic oxidation sites excluding steroid dienone is 2. The predicted octanol–water partition coefficient (Wildman–Crippen LogP) is 4.70. The van der Waals surface area contributed by atoms with Crippen LogP contribution in [0, 0.1) is 11.3 Å².